The molecule has 0 bridgehead atoms. The first-order chi connectivity index (χ1) is 7.93. The third-order valence-corrected chi connectivity index (χ3v) is 2.09. The zero-order valence-corrected chi connectivity index (χ0v) is 9.12. The second-order valence-electron chi connectivity index (χ2n) is 3.71. The van der Waals surface area contributed by atoms with Gasteiger partial charge in [-0.25, -0.2) is 8.78 Å². The maximum atomic E-state index is 12.6. The van der Waals surface area contributed by atoms with Crippen LogP contribution >= 0.6 is 0 Å². The number of anilines is 1. The fourth-order valence-corrected chi connectivity index (χ4v) is 1.23. The number of hydrogen-bond acceptors (Lipinski definition) is 3. The number of carbonyl (C=O) groups is 1. The highest BCUT2D eigenvalue weighted by Crippen LogP contribution is 2.10. The number of alkyl halides is 2. The van der Waals surface area contributed by atoms with Crippen molar-refractivity contribution < 1.29 is 18.7 Å². The first kappa shape index (κ1) is 13.4. The molecule has 1 rings (SSSR count). The standard InChI is InChI=1S/C11H14F2N2O2/c12-11(13,7-16)6-15-10(17)5-8-2-1-3-9(14)4-8/h1-4,16H,5-7,14H2,(H,15,17). The van der Waals surface area contributed by atoms with Crippen LogP contribution in [0.2, 0.25) is 0 Å². The third-order valence-electron chi connectivity index (χ3n) is 2.09. The lowest BCUT2D eigenvalue weighted by Crippen LogP contribution is -2.39. The number of amides is 1. The zero-order valence-electron chi connectivity index (χ0n) is 9.12. The lowest BCUT2D eigenvalue weighted by molar-refractivity contribution is -0.123. The van der Waals surface area contributed by atoms with Gasteiger partial charge in [-0.3, -0.25) is 4.79 Å². The van der Waals surface area contributed by atoms with Gasteiger partial charge in [-0.1, -0.05) is 12.1 Å². The molecule has 0 saturated heterocycles. The van der Waals surface area contributed by atoms with Crippen molar-refractivity contribution in [3.05, 3.63) is 29.8 Å². The number of benzene rings is 1. The van der Waals surface area contributed by atoms with Gasteiger partial charge in [0.1, 0.15) is 6.61 Å². The first-order valence-corrected chi connectivity index (χ1v) is 5.03. The van der Waals surface area contributed by atoms with E-state index in [1.54, 1.807) is 24.3 Å². The van der Waals surface area contributed by atoms with E-state index in [4.69, 9.17) is 10.8 Å². The van der Waals surface area contributed by atoms with E-state index in [9.17, 15) is 13.6 Å². The van der Waals surface area contributed by atoms with Gasteiger partial charge in [-0.15, -0.1) is 0 Å². The Labute approximate surface area is 97.4 Å². The molecular formula is C11H14F2N2O2. The Morgan fingerprint density at radius 3 is 2.76 bits per heavy atom. The summed E-state index contributed by atoms with van der Waals surface area (Å²) in [6, 6.07) is 6.63. The van der Waals surface area contributed by atoms with Gasteiger partial charge in [0.2, 0.25) is 5.91 Å². The van der Waals surface area contributed by atoms with Gasteiger partial charge in [-0.2, -0.15) is 0 Å². The quantitative estimate of drug-likeness (QED) is 0.662. The van der Waals surface area contributed by atoms with E-state index < -0.39 is 25.0 Å². The van der Waals surface area contributed by atoms with Crippen molar-refractivity contribution in [2.45, 2.75) is 12.3 Å². The van der Waals surface area contributed by atoms with Crippen molar-refractivity contribution in [2.75, 3.05) is 18.9 Å². The van der Waals surface area contributed by atoms with Gasteiger partial charge < -0.3 is 16.2 Å². The van der Waals surface area contributed by atoms with E-state index >= 15 is 0 Å². The van der Waals surface area contributed by atoms with E-state index in [0.717, 1.165) is 0 Å². The van der Waals surface area contributed by atoms with Crippen molar-refractivity contribution in [3.63, 3.8) is 0 Å². The first-order valence-electron chi connectivity index (χ1n) is 5.03. The van der Waals surface area contributed by atoms with Gasteiger partial charge in [0.05, 0.1) is 13.0 Å². The molecule has 94 valence electrons. The molecule has 0 unspecified atom stereocenters. The molecule has 1 amide bonds. The van der Waals surface area contributed by atoms with Gasteiger partial charge >= 0.3 is 0 Å². The zero-order chi connectivity index (χ0) is 12.9. The molecule has 0 aromatic heterocycles. The SMILES string of the molecule is Nc1cccc(CC(=O)NCC(F)(F)CO)c1. The second kappa shape index (κ2) is 5.58. The Bertz CT molecular complexity index is 397. The Balaban J connectivity index is 2.45. The molecule has 0 fully saturated rings. The predicted octanol–water partition coefficient (Wildman–Crippen LogP) is 0.555. The summed E-state index contributed by atoms with van der Waals surface area (Å²) in [4.78, 5) is 11.3. The summed E-state index contributed by atoms with van der Waals surface area (Å²) in [6.07, 6.45) is -0.0213. The van der Waals surface area contributed by atoms with Gasteiger partial charge in [0, 0.05) is 5.69 Å². The highest BCUT2D eigenvalue weighted by atomic mass is 19.3. The lowest BCUT2D eigenvalue weighted by atomic mass is 10.1. The van der Waals surface area contributed by atoms with E-state index in [1.807, 2.05) is 0 Å². The van der Waals surface area contributed by atoms with Crippen LogP contribution < -0.4 is 11.1 Å². The van der Waals surface area contributed by atoms with Crippen LogP contribution in [0.15, 0.2) is 24.3 Å². The average Bonchev–Trinajstić information content (AvgIpc) is 2.27. The predicted molar refractivity (Wildman–Crippen MR) is 59.6 cm³/mol. The van der Waals surface area contributed by atoms with Crippen LogP contribution in [0.4, 0.5) is 14.5 Å². The third kappa shape index (κ3) is 4.78. The van der Waals surface area contributed by atoms with E-state index in [-0.39, 0.29) is 6.42 Å². The lowest BCUT2D eigenvalue weighted by Gasteiger charge is -2.13. The Morgan fingerprint density at radius 1 is 1.47 bits per heavy atom. The minimum Gasteiger partial charge on any atom is -0.399 e. The molecular weight excluding hydrogens is 230 g/mol. The molecule has 0 saturated carbocycles. The van der Waals surface area contributed by atoms with Crippen LogP contribution in [0.5, 0.6) is 0 Å². The van der Waals surface area contributed by atoms with Crippen LogP contribution in [-0.4, -0.2) is 30.1 Å². The van der Waals surface area contributed by atoms with Crippen molar-refractivity contribution >= 4 is 11.6 Å². The molecule has 6 heteroatoms. The number of rotatable bonds is 5. The number of hydrogen-bond donors (Lipinski definition) is 3. The maximum Gasteiger partial charge on any atom is 0.287 e. The Kier molecular flexibility index (Phi) is 4.39. The van der Waals surface area contributed by atoms with Gasteiger partial charge in [0.25, 0.3) is 5.92 Å². The molecule has 0 spiro atoms. The topological polar surface area (TPSA) is 75.4 Å². The molecule has 0 aliphatic carbocycles. The normalized spacial score (nSPS) is 11.2. The van der Waals surface area contributed by atoms with Crippen LogP contribution in [0.1, 0.15) is 5.56 Å². The second-order valence-corrected chi connectivity index (χ2v) is 3.71. The fourth-order valence-electron chi connectivity index (χ4n) is 1.23. The summed E-state index contributed by atoms with van der Waals surface area (Å²) in [5, 5.41) is 10.4. The molecule has 0 heterocycles. The summed E-state index contributed by atoms with van der Waals surface area (Å²) in [7, 11) is 0. The summed E-state index contributed by atoms with van der Waals surface area (Å²) in [6.45, 7) is -2.16. The van der Waals surface area contributed by atoms with Crippen LogP contribution in [0, 0.1) is 0 Å². The van der Waals surface area contributed by atoms with E-state index in [1.165, 1.54) is 0 Å². The molecule has 0 aliphatic rings. The summed E-state index contributed by atoms with van der Waals surface area (Å²) >= 11 is 0. The number of aliphatic hydroxyl groups excluding tert-OH is 1. The van der Waals surface area contributed by atoms with Gasteiger partial charge in [-0.05, 0) is 17.7 Å². The summed E-state index contributed by atoms with van der Waals surface area (Å²) in [5.74, 6) is -3.82. The number of halogens is 2. The largest absolute Gasteiger partial charge is 0.399 e. The van der Waals surface area contributed by atoms with Crippen molar-refractivity contribution in [1.29, 1.82) is 0 Å². The molecule has 1 aromatic carbocycles. The molecule has 0 aliphatic heterocycles. The van der Waals surface area contributed by atoms with Gasteiger partial charge in [0.15, 0.2) is 0 Å². The maximum absolute atomic E-state index is 12.6. The number of carbonyl (C=O) groups excluding carboxylic acids is 1. The Hall–Kier alpha value is -1.69. The van der Waals surface area contributed by atoms with E-state index in [0.29, 0.717) is 11.3 Å². The van der Waals surface area contributed by atoms with Crippen LogP contribution in [-0.2, 0) is 11.2 Å². The van der Waals surface area contributed by atoms with E-state index in [2.05, 4.69) is 5.32 Å². The minimum absolute atomic E-state index is 0.0213. The molecule has 0 atom stereocenters. The molecule has 1 aromatic rings. The molecule has 4 N–H and O–H groups in total. The fraction of sp³-hybridized carbons (Fsp3) is 0.364. The van der Waals surface area contributed by atoms with Crippen LogP contribution in [0.3, 0.4) is 0 Å². The Morgan fingerprint density at radius 2 is 2.18 bits per heavy atom. The molecule has 17 heavy (non-hydrogen) atoms. The van der Waals surface area contributed by atoms with Crippen molar-refractivity contribution in [1.82, 2.24) is 5.32 Å². The number of nitrogens with two attached hydrogens (primary N) is 1. The number of nitrogen functional groups attached to an aromatic ring is 1. The van der Waals surface area contributed by atoms with Crippen molar-refractivity contribution in [3.8, 4) is 0 Å². The summed E-state index contributed by atoms with van der Waals surface area (Å²) in [5.41, 5.74) is 6.67. The highest BCUT2D eigenvalue weighted by Gasteiger charge is 2.27. The monoisotopic (exact) mass is 244 g/mol. The number of nitrogens with one attached hydrogen (secondary N) is 1. The highest BCUT2D eigenvalue weighted by molar-refractivity contribution is 5.78. The average molecular weight is 244 g/mol. The minimum atomic E-state index is -3.29. The molecule has 0 radical (unpaired) electrons. The molecule has 4 nitrogen and oxygen atoms in total. The smallest absolute Gasteiger partial charge is 0.287 e. The van der Waals surface area contributed by atoms with Crippen molar-refractivity contribution in [2.24, 2.45) is 0 Å². The summed E-state index contributed by atoms with van der Waals surface area (Å²) < 4.78 is 25.3. The number of aliphatic hydroxyl groups is 1. The van der Waals surface area contributed by atoms with Crippen LogP contribution in [0.25, 0.3) is 0 Å².